The lowest BCUT2D eigenvalue weighted by Gasteiger charge is -2.33. The molecule has 2 rings (SSSR count). The van der Waals surface area contributed by atoms with E-state index in [1.807, 2.05) is 13.8 Å². The summed E-state index contributed by atoms with van der Waals surface area (Å²) in [6.07, 6.45) is 1.82. The van der Waals surface area contributed by atoms with Gasteiger partial charge in [-0.3, -0.25) is 0 Å². The molecular weight excluding hydrogens is 296 g/mol. The van der Waals surface area contributed by atoms with Crippen molar-refractivity contribution in [3.05, 3.63) is 28.8 Å². The van der Waals surface area contributed by atoms with Crippen LogP contribution < -0.4 is 5.73 Å². The van der Waals surface area contributed by atoms with Crippen molar-refractivity contribution in [2.75, 3.05) is 13.1 Å². The highest BCUT2D eigenvalue weighted by molar-refractivity contribution is 7.89. The number of aryl methyl sites for hydroxylation is 1. The van der Waals surface area contributed by atoms with Crippen LogP contribution in [0.5, 0.6) is 0 Å². The number of hydrogen-bond acceptors (Lipinski definition) is 3. The molecule has 2 N–H and O–H groups in total. The van der Waals surface area contributed by atoms with Crippen LogP contribution in [-0.2, 0) is 10.0 Å². The van der Waals surface area contributed by atoms with Gasteiger partial charge >= 0.3 is 0 Å². The molecule has 0 radical (unpaired) electrons. The molecule has 1 saturated heterocycles. The molecule has 1 aromatic carbocycles. The summed E-state index contributed by atoms with van der Waals surface area (Å²) < 4.78 is 26.9. The number of rotatable bonds is 3. The van der Waals surface area contributed by atoms with Crippen molar-refractivity contribution in [2.45, 2.75) is 37.6 Å². The van der Waals surface area contributed by atoms with Gasteiger partial charge in [0, 0.05) is 19.1 Å². The Labute approximate surface area is 126 Å². The Morgan fingerprint density at radius 1 is 1.45 bits per heavy atom. The first-order valence-corrected chi connectivity index (χ1v) is 8.66. The maximum atomic E-state index is 12.7. The van der Waals surface area contributed by atoms with Crippen LogP contribution in [0.2, 0.25) is 5.02 Å². The first kappa shape index (κ1) is 15.8. The average Bonchev–Trinajstić information content (AvgIpc) is 2.38. The molecule has 0 spiro atoms. The molecule has 0 amide bonds. The number of piperidine rings is 1. The first-order valence-electron chi connectivity index (χ1n) is 6.84. The third-order valence-electron chi connectivity index (χ3n) is 3.87. The molecule has 0 bridgehead atoms. The van der Waals surface area contributed by atoms with Crippen LogP contribution in [0, 0.1) is 12.8 Å². The van der Waals surface area contributed by atoms with E-state index in [1.165, 1.54) is 4.31 Å². The number of hydrogen-bond donors (Lipinski definition) is 1. The maximum Gasteiger partial charge on any atom is 0.244 e. The topological polar surface area (TPSA) is 63.4 Å². The highest BCUT2D eigenvalue weighted by Gasteiger charge is 2.32. The van der Waals surface area contributed by atoms with Gasteiger partial charge in [0.1, 0.15) is 4.90 Å². The Balaban J connectivity index is 2.30. The van der Waals surface area contributed by atoms with E-state index >= 15 is 0 Å². The zero-order valence-electron chi connectivity index (χ0n) is 11.8. The highest BCUT2D eigenvalue weighted by atomic mass is 35.5. The summed E-state index contributed by atoms with van der Waals surface area (Å²) in [5.74, 6) is 0.211. The second kappa shape index (κ2) is 6.02. The van der Waals surface area contributed by atoms with Crippen molar-refractivity contribution in [3.8, 4) is 0 Å². The van der Waals surface area contributed by atoms with Gasteiger partial charge < -0.3 is 5.73 Å². The summed E-state index contributed by atoms with van der Waals surface area (Å²) >= 11 is 6.10. The summed E-state index contributed by atoms with van der Waals surface area (Å²) in [4.78, 5) is 0.190. The number of nitrogens with two attached hydrogens (primary N) is 1. The fourth-order valence-corrected chi connectivity index (χ4v) is 4.68. The van der Waals surface area contributed by atoms with Crippen molar-refractivity contribution in [3.63, 3.8) is 0 Å². The smallest absolute Gasteiger partial charge is 0.244 e. The number of sulfonamides is 1. The van der Waals surface area contributed by atoms with Crippen LogP contribution in [0.1, 0.15) is 25.3 Å². The summed E-state index contributed by atoms with van der Waals surface area (Å²) in [6.45, 7) is 4.83. The lowest BCUT2D eigenvalue weighted by Crippen LogP contribution is -2.45. The normalized spacial score (nSPS) is 22.7. The van der Waals surface area contributed by atoms with E-state index in [0.29, 0.717) is 13.1 Å². The fraction of sp³-hybridized carbons (Fsp3) is 0.571. The van der Waals surface area contributed by atoms with Gasteiger partial charge in [-0.25, -0.2) is 8.42 Å². The molecule has 6 heteroatoms. The Hall–Kier alpha value is -0.620. The molecule has 0 aromatic heterocycles. The highest BCUT2D eigenvalue weighted by Crippen LogP contribution is 2.29. The van der Waals surface area contributed by atoms with E-state index in [0.717, 1.165) is 18.4 Å². The van der Waals surface area contributed by atoms with Gasteiger partial charge in [-0.05, 0) is 50.3 Å². The average molecular weight is 317 g/mol. The van der Waals surface area contributed by atoms with Crippen LogP contribution >= 0.6 is 11.6 Å². The largest absolute Gasteiger partial charge is 0.328 e. The lowest BCUT2D eigenvalue weighted by atomic mass is 9.93. The molecule has 1 aliphatic rings. The second-order valence-electron chi connectivity index (χ2n) is 5.56. The quantitative estimate of drug-likeness (QED) is 0.931. The molecule has 2 atom stereocenters. The predicted octanol–water partition coefficient (Wildman–Crippen LogP) is 2.40. The molecule has 0 aliphatic carbocycles. The fourth-order valence-electron chi connectivity index (χ4n) is 2.58. The molecule has 20 heavy (non-hydrogen) atoms. The Morgan fingerprint density at radius 3 is 2.75 bits per heavy atom. The van der Waals surface area contributed by atoms with Crippen molar-refractivity contribution < 1.29 is 8.42 Å². The van der Waals surface area contributed by atoms with Crippen LogP contribution in [0.3, 0.4) is 0 Å². The predicted molar refractivity (Wildman–Crippen MR) is 81.3 cm³/mol. The van der Waals surface area contributed by atoms with Gasteiger partial charge in [0.2, 0.25) is 10.0 Å². The van der Waals surface area contributed by atoms with Crippen molar-refractivity contribution in [2.24, 2.45) is 11.7 Å². The van der Waals surface area contributed by atoms with Crippen molar-refractivity contribution >= 4 is 21.6 Å². The minimum Gasteiger partial charge on any atom is -0.328 e. The van der Waals surface area contributed by atoms with E-state index in [4.69, 9.17) is 17.3 Å². The summed E-state index contributed by atoms with van der Waals surface area (Å²) in [5.41, 5.74) is 6.86. The molecule has 112 valence electrons. The minimum absolute atomic E-state index is 0.00138. The van der Waals surface area contributed by atoms with Crippen LogP contribution in [0.4, 0.5) is 0 Å². The summed E-state index contributed by atoms with van der Waals surface area (Å²) in [6, 6.07) is 5.04. The number of halogens is 1. The lowest BCUT2D eigenvalue weighted by molar-refractivity contribution is 0.243. The SMILES string of the molecule is Cc1ccc(S(=O)(=O)N2CCC[C@@H]([C@H](C)N)C2)c(Cl)c1. The van der Waals surface area contributed by atoms with Crippen molar-refractivity contribution in [1.29, 1.82) is 0 Å². The van der Waals surface area contributed by atoms with Gasteiger partial charge in [0.15, 0.2) is 0 Å². The standard InChI is InChI=1S/C14H21ClN2O2S/c1-10-5-6-14(13(15)8-10)20(18,19)17-7-3-4-12(9-17)11(2)16/h5-6,8,11-12H,3-4,7,9,16H2,1-2H3/t11-,12+/m0/s1. The maximum absolute atomic E-state index is 12.7. The number of benzene rings is 1. The van der Waals surface area contributed by atoms with E-state index in [1.54, 1.807) is 18.2 Å². The van der Waals surface area contributed by atoms with Crippen LogP contribution in [-0.4, -0.2) is 31.9 Å². The Bertz CT molecular complexity index is 587. The van der Waals surface area contributed by atoms with Crippen molar-refractivity contribution in [1.82, 2.24) is 4.31 Å². The molecule has 4 nitrogen and oxygen atoms in total. The van der Waals surface area contributed by atoms with Gasteiger partial charge in [-0.1, -0.05) is 17.7 Å². The van der Waals surface area contributed by atoms with Gasteiger partial charge in [0.05, 0.1) is 5.02 Å². The van der Waals surface area contributed by atoms with E-state index < -0.39 is 10.0 Å². The van der Waals surface area contributed by atoms with E-state index in [-0.39, 0.29) is 21.9 Å². The Morgan fingerprint density at radius 2 is 2.15 bits per heavy atom. The van der Waals surface area contributed by atoms with E-state index in [2.05, 4.69) is 0 Å². The van der Waals surface area contributed by atoms with Gasteiger partial charge in [-0.2, -0.15) is 4.31 Å². The second-order valence-corrected chi connectivity index (χ2v) is 7.87. The first-order chi connectivity index (χ1) is 9.32. The molecule has 1 fully saturated rings. The summed E-state index contributed by atoms with van der Waals surface area (Å²) in [5, 5.41) is 0.285. The van der Waals surface area contributed by atoms with Crippen LogP contribution in [0.15, 0.2) is 23.1 Å². The van der Waals surface area contributed by atoms with E-state index in [9.17, 15) is 8.42 Å². The molecule has 0 unspecified atom stereocenters. The Kier molecular flexibility index (Phi) is 4.74. The van der Waals surface area contributed by atoms with Gasteiger partial charge in [-0.15, -0.1) is 0 Å². The molecular formula is C14H21ClN2O2S. The third-order valence-corrected chi connectivity index (χ3v) is 6.22. The zero-order valence-corrected chi connectivity index (χ0v) is 13.4. The molecule has 1 aromatic rings. The molecule has 1 aliphatic heterocycles. The third kappa shape index (κ3) is 3.17. The molecule has 1 heterocycles. The molecule has 0 saturated carbocycles. The monoisotopic (exact) mass is 316 g/mol. The van der Waals surface area contributed by atoms with Gasteiger partial charge in [0.25, 0.3) is 0 Å². The minimum atomic E-state index is -3.53. The summed E-state index contributed by atoms with van der Waals surface area (Å²) in [7, 11) is -3.53. The zero-order chi connectivity index (χ0) is 14.9. The number of nitrogens with zero attached hydrogens (tertiary/aromatic N) is 1. The van der Waals surface area contributed by atoms with Crippen LogP contribution in [0.25, 0.3) is 0 Å².